The zero-order chi connectivity index (χ0) is 17.5. The van der Waals surface area contributed by atoms with Gasteiger partial charge in [-0.3, -0.25) is 14.9 Å². The molecule has 0 aliphatic carbocycles. The van der Waals surface area contributed by atoms with E-state index in [9.17, 15) is 24.8 Å². The van der Waals surface area contributed by atoms with Crippen LogP contribution in [0.25, 0.3) is 6.08 Å². The van der Waals surface area contributed by atoms with Crippen molar-refractivity contribution in [2.45, 2.75) is 6.04 Å². The molecule has 2 aromatic rings. The third-order valence-electron chi connectivity index (χ3n) is 3.16. The van der Waals surface area contributed by atoms with Gasteiger partial charge in [-0.05, 0) is 17.2 Å². The summed E-state index contributed by atoms with van der Waals surface area (Å²) >= 11 is 0. The second-order valence-corrected chi connectivity index (χ2v) is 4.86. The number of aliphatic carboxylic acids is 1. The number of carbonyl (C=O) groups excluding carboxylic acids is 2. The van der Waals surface area contributed by atoms with E-state index in [2.05, 4.69) is 5.32 Å². The summed E-state index contributed by atoms with van der Waals surface area (Å²) in [7, 11) is 0. The molecule has 0 aliphatic heterocycles. The summed E-state index contributed by atoms with van der Waals surface area (Å²) in [5.41, 5.74) is 0.730. The molecule has 2 rings (SSSR count). The fourth-order valence-corrected chi connectivity index (χ4v) is 2.03. The highest BCUT2D eigenvalue weighted by Crippen LogP contribution is 2.15. The quantitative estimate of drug-likeness (QED) is 0.487. The van der Waals surface area contributed by atoms with Crippen molar-refractivity contribution in [2.24, 2.45) is 0 Å². The zero-order valence-electron chi connectivity index (χ0n) is 12.4. The van der Waals surface area contributed by atoms with Gasteiger partial charge in [-0.15, -0.1) is 0 Å². The Kier molecular flexibility index (Phi) is 5.40. The van der Waals surface area contributed by atoms with Crippen LogP contribution in [-0.2, 0) is 9.59 Å². The van der Waals surface area contributed by atoms with E-state index >= 15 is 0 Å². The number of nitro groups is 1. The van der Waals surface area contributed by atoms with Crippen LogP contribution in [0.4, 0.5) is 5.69 Å². The molecule has 7 heteroatoms. The molecule has 0 fully saturated rings. The van der Waals surface area contributed by atoms with Gasteiger partial charge in [0.1, 0.15) is 0 Å². The van der Waals surface area contributed by atoms with Gasteiger partial charge >= 0.3 is 0 Å². The van der Waals surface area contributed by atoms with Crippen molar-refractivity contribution < 1.29 is 19.6 Å². The molecule has 24 heavy (non-hydrogen) atoms. The SMILES string of the molecule is O=C(/C=C/c1cccc([N+](=O)[O-])c1)N[C@@H](C(=O)[O-])c1ccccc1. The lowest BCUT2D eigenvalue weighted by atomic mass is 10.1. The molecular weight excluding hydrogens is 312 g/mol. The molecule has 0 bridgehead atoms. The van der Waals surface area contributed by atoms with Crippen LogP contribution in [0.2, 0.25) is 0 Å². The lowest BCUT2D eigenvalue weighted by Crippen LogP contribution is -2.40. The summed E-state index contributed by atoms with van der Waals surface area (Å²) in [6.45, 7) is 0. The minimum atomic E-state index is -1.43. The molecule has 2 aromatic carbocycles. The number of carboxylic acids is 1. The third-order valence-corrected chi connectivity index (χ3v) is 3.16. The first kappa shape index (κ1) is 16.9. The van der Waals surface area contributed by atoms with Crippen LogP contribution in [0, 0.1) is 10.1 Å². The van der Waals surface area contributed by atoms with Crippen LogP contribution in [-0.4, -0.2) is 16.8 Å². The maximum absolute atomic E-state index is 11.9. The Morgan fingerprint density at radius 2 is 1.79 bits per heavy atom. The van der Waals surface area contributed by atoms with Gasteiger partial charge in [0, 0.05) is 18.2 Å². The summed E-state index contributed by atoms with van der Waals surface area (Å²) in [4.78, 5) is 33.3. The van der Waals surface area contributed by atoms with Crippen LogP contribution in [0.3, 0.4) is 0 Å². The van der Waals surface area contributed by atoms with Gasteiger partial charge in [-0.25, -0.2) is 0 Å². The Hall–Kier alpha value is -3.48. The van der Waals surface area contributed by atoms with Gasteiger partial charge < -0.3 is 15.2 Å². The van der Waals surface area contributed by atoms with Gasteiger partial charge in [0.15, 0.2) is 0 Å². The van der Waals surface area contributed by atoms with E-state index in [1.54, 1.807) is 36.4 Å². The Labute approximate surface area is 137 Å². The molecule has 1 amide bonds. The number of carbonyl (C=O) groups is 2. The Bertz CT molecular complexity index is 787. The Morgan fingerprint density at radius 3 is 2.42 bits per heavy atom. The van der Waals surface area contributed by atoms with Crippen molar-refractivity contribution in [1.82, 2.24) is 5.32 Å². The van der Waals surface area contributed by atoms with E-state index < -0.39 is 22.8 Å². The number of rotatable bonds is 6. The number of nitrogens with one attached hydrogen (secondary N) is 1. The standard InChI is InChI=1S/C17H14N2O5/c20-15(10-9-12-5-4-8-14(11-12)19(23)24)18-16(17(21)22)13-6-2-1-3-7-13/h1-11,16H,(H,18,20)(H,21,22)/p-1/b10-9+/t16-/m1/s1. The fraction of sp³-hybridized carbons (Fsp3) is 0.0588. The third kappa shape index (κ3) is 4.51. The second-order valence-electron chi connectivity index (χ2n) is 4.86. The summed E-state index contributed by atoms with van der Waals surface area (Å²) in [6.07, 6.45) is 2.47. The van der Waals surface area contributed by atoms with Crippen LogP contribution in [0.1, 0.15) is 17.2 Å². The predicted octanol–water partition coefficient (Wildman–Crippen LogP) is 1.22. The van der Waals surface area contributed by atoms with Crippen molar-refractivity contribution >= 4 is 23.6 Å². The summed E-state index contributed by atoms with van der Waals surface area (Å²) in [5.74, 6) is -2.09. The van der Waals surface area contributed by atoms with Crippen LogP contribution >= 0.6 is 0 Å². The minimum absolute atomic E-state index is 0.102. The maximum atomic E-state index is 11.9. The predicted molar refractivity (Wildman–Crippen MR) is 84.5 cm³/mol. The van der Waals surface area contributed by atoms with Crippen molar-refractivity contribution in [2.75, 3.05) is 0 Å². The van der Waals surface area contributed by atoms with Crippen LogP contribution < -0.4 is 10.4 Å². The monoisotopic (exact) mass is 325 g/mol. The molecule has 0 saturated carbocycles. The number of nitrogens with zero attached hydrogens (tertiary/aromatic N) is 1. The summed E-state index contributed by atoms with van der Waals surface area (Å²) in [6, 6.07) is 12.6. The van der Waals surface area contributed by atoms with Gasteiger partial charge in [0.2, 0.25) is 5.91 Å². The van der Waals surface area contributed by atoms with Crippen molar-refractivity contribution in [3.8, 4) is 0 Å². The molecule has 0 heterocycles. The molecule has 122 valence electrons. The van der Waals surface area contributed by atoms with E-state index in [4.69, 9.17) is 0 Å². The number of nitro benzene ring substituents is 1. The fourth-order valence-electron chi connectivity index (χ4n) is 2.03. The Morgan fingerprint density at radius 1 is 1.08 bits per heavy atom. The zero-order valence-corrected chi connectivity index (χ0v) is 12.4. The lowest BCUT2D eigenvalue weighted by molar-refractivity contribution is -0.384. The molecule has 0 aromatic heterocycles. The molecule has 1 N–H and O–H groups in total. The van der Waals surface area contributed by atoms with Gasteiger partial charge in [0.05, 0.1) is 16.9 Å². The van der Waals surface area contributed by atoms with Crippen molar-refractivity contribution in [3.05, 3.63) is 81.9 Å². The smallest absolute Gasteiger partial charge is 0.270 e. The highest BCUT2D eigenvalue weighted by atomic mass is 16.6. The minimum Gasteiger partial charge on any atom is -0.548 e. The highest BCUT2D eigenvalue weighted by molar-refractivity contribution is 5.94. The van der Waals surface area contributed by atoms with Crippen LogP contribution in [0.5, 0.6) is 0 Å². The largest absolute Gasteiger partial charge is 0.548 e. The van der Waals surface area contributed by atoms with Crippen molar-refractivity contribution in [1.29, 1.82) is 0 Å². The molecule has 0 spiro atoms. The molecule has 1 atom stereocenters. The molecule has 7 nitrogen and oxygen atoms in total. The van der Waals surface area contributed by atoms with Crippen molar-refractivity contribution in [3.63, 3.8) is 0 Å². The molecular formula is C17H13N2O5-. The van der Waals surface area contributed by atoms with E-state index in [1.165, 1.54) is 24.3 Å². The van der Waals surface area contributed by atoms with E-state index in [0.29, 0.717) is 11.1 Å². The summed E-state index contributed by atoms with van der Waals surface area (Å²) in [5, 5.41) is 24.2. The average Bonchev–Trinajstić information content (AvgIpc) is 2.58. The van der Waals surface area contributed by atoms with E-state index in [0.717, 1.165) is 6.08 Å². The number of benzene rings is 2. The molecule has 0 saturated heterocycles. The maximum Gasteiger partial charge on any atom is 0.270 e. The van der Waals surface area contributed by atoms with Gasteiger partial charge in [-0.2, -0.15) is 0 Å². The van der Waals surface area contributed by atoms with Gasteiger partial charge in [0.25, 0.3) is 5.69 Å². The number of amides is 1. The second kappa shape index (κ2) is 7.68. The highest BCUT2D eigenvalue weighted by Gasteiger charge is 2.14. The normalized spacial score (nSPS) is 11.8. The lowest BCUT2D eigenvalue weighted by Gasteiger charge is -2.19. The summed E-state index contributed by atoms with van der Waals surface area (Å²) < 4.78 is 0. The number of non-ortho nitro benzene ring substituents is 1. The number of carboxylic acid groups (broad SMARTS) is 1. The molecule has 0 unspecified atom stereocenters. The van der Waals surface area contributed by atoms with Gasteiger partial charge in [-0.1, -0.05) is 42.5 Å². The van der Waals surface area contributed by atoms with E-state index in [-0.39, 0.29) is 5.69 Å². The first-order chi connectivity index (χ1) is 11.5. The van der Waals surface area contributed by atoms with Crippen LogP contribution in [0.15, 0.2) is 60.7 Å². The first-order valence-corrected chi connectivity index (χ1v) is 6.96. The number of hydrogen-bond acceptors (Lipinski definition) is 5. The average molecular weight is 325 g/mol. The molecule has 0 radical (unpaired) electrons. The number of hydrogen-bond donors (Lipinski definition) is 1. The molecule has 0 aliphatic rings. The topological polar surface area (TPSA) is 112 Å². The first-order valence-electron chi connectivity index (χ1n) is 6.96. The Balaban J connectivity index is 2.10. The van der Waals surface area contributed by atoms with E-state index in [1.807, 2.05) is 0 Å².